The number of hydrogen-bond donors (Lipinski definition) is 0. The van der Waals surface area contributed by atoms with Crippen molar-refractivity contribution in [2.45, 2.75) is 48.4 Å². The minimum atomic E-state index is 0.271. The number of benzene rings is 2. The number of thioether (sulfide) groups is 1. The van der Waals surface area contributed by atoms with E-state index in [9.17, 15) is 0 Å². The fraction of sp³-hybridized carbons (Fsp3) is 0.333. The standard InChI is InChI=1S/C21H20OS/c1-2-18-19(3-1)23-21-17-11-9-15-6-4-14(5-7-15)8-10-16(12-13-17)20(21)22-18/h1-2,4-7,12-13,18-19H,3,8-11H2/t18-,19+/m0/s1. The second-order valence-corrected chi connectivity index (χ2v) is 8.01. The highest BCUT2D eigenvalue weighted by Crippen LogP contribution is 2.47. The Labute approximate surface area is 141 Å². The van der Waals surface area contributed by atoms with Crippen LogP contribution in [0.15, 0.2) is 53.4 Å². The van der Waals surface area contributed by atoms with Gasteiger partial charge >= 0.3 is 0 Å². The molecule has 2 atom stereocenters. The molecule has 4 bridgehead atoms. The van der Waals surface area contributed by atoms with E-state index in [0.717, 1.165) is 32.1 Å². The summed E-state index contributed by atoms with van der Waals surface area (Å²) in [5.41, 5.74) is 5.70. The first kappa shape index (κ1) is 13.7. The molecule has 2 aromatic carbocycles. The molecule has 0 spiro atoms. The molecule has 0 N–H and O–H groups in total. The van der Waals surface area contributed by atoms with Crippen molar-refractivity contribution in [1.82, 2.24) is 0 Å². The minimum Gasteiger partial charge on any atom is -0.484 e. The van der Waals surface area contributed by atoms with Crippen LogP contribution in [0.25, 0.3) is 0 Å². The Kier molecular flexibility index (Phi) is 3.26. The topological polar surface area (TPSA) is 9.23 Å². The van der Waals surface area contributed by atoms with Gasteiger partial charge in [-0.1, -0.05) is 42.5 Å². The number of allylic oxidation sites excluding steroid dienone is 1. The average molecular weight is 320 g/mol. The van der Waals surface area contributed by atoms with Crippen LogP contribution >= 0.6 is 11.8 Å². The lowest BCUT2D eigenvalue weighted by atomic mass is 9.96. The lowest BCUT2D eigenvalue weighted by Crippen LogP contribution is -2.28. The van der Waals surface area contributed by atoms with E-state index in [1.807, 2.05) is 0 Å². The largest absolute Gasteiger partial charge is 0.484 e. The van der Waals surface area contributed by atoms with E-state index in [1.54, 1.807) is 0 Å². The van der Waals surface area contributed by atoms with Crippen LogP contribution in [0.2, 0.25) is 0 Å². The summed E-state index contributed by atoms with van der Waals surface area (Å²) in [6, 6.07) is 13.8. The quantitative estimate of drug-likeness (QED) is 0.648. The van der Waals surface area contributed by atoms with E-state index in [1.165, 1.54) is 32.9 Å². The summed E-state index contributed by atoms with van der Waals surface area (Å²) in [6.45, 7) is 0. The Bertz CT molecular complexity index is 775. The van der Waals surface area contributed by atoms with Gasteiger partial charge in [0.2, 0.25) is 0 Å². The zero-order valence-corrected chi connectivity index (χ0v) is 13.9. The van der Waals surface area contributed by atoms with Gasteiger partial charge in [0.15, 0.2) is 0 Å². The molecule has 0 unspecified atom stereocenters. The molecule has 0 amide bonds. The van der Waals surface area contributed by atoms with E-state index < -0.39 is 0 Å². The number of hydrogen-bond acceptors (Lipinski definition) is 2. The fourth-order valence-corrected chi connectivity index (χ4v) is 5.25. The van der Waals surface area contributed by atoms with Gasteiger partial charge in [0.05, 0.1) is 10.1 Å². The Morgan fingerprint density at radius 3 is 2.30 bits per heavy atom. The predicted octanol–water partition coefficient (Wildman–Crippen LogP) is 4.75. The van der Waals surface area contributed by atoms with Crippen LogP contribution in [-0.4, -0.2) is 11.4 Å². The number of rotatable bonds is 0. The van der Waals surface area contributed by atoms with Gasteiger partial charge in [-0.05, 0) is 60.4 Å². The summed E-state index contributed by atoms with van der Waals surface area (Å²) in [5, 5.41) is 0.572. The van der Waals surface area contributed by atoms with Crippen LogP contribution in [0, 0.1) is 0 Å². The number of ether oxygens (including phenoxy) is 1. The number of fused-ring (bicyclic) bond motifs is 1. The molecule has 0 fully saturated rings. The zero-order valence-electron chi connectivity index (χ0n) is 13.1. The van der Waals surface area contributed by atoms with Crippen molar-refractivity contribution in [2.24, 2.45) is 0 Å². The van der Waals surface area contributed by atoms with Gasteiger partial charge in [0, 0.05) is 0 Å². The monoisotopic (exact) mass is 320 g/mol. The molecule has 1 nitrogen and oxygen atoms in total. The van der Waals surface area contributed by atoms with Gasteiger partial charge in [-0.3, -0.25) is 0 Å². The molecule has 1 heterocycles. The summed E-state index contributed by atoms with van der Waals surface area (Å²) >= 11 is 2.05. The molecule has 0 saturated heterocycles. The van der Waals surface area contributed by atoms with Gasteiger partial charge in [-0.2, -0.15) is 0 Å². The highest BCUT2D eigenvalue weighted by Gasteiger charge is 2.34. The summed E-state index contributed by atoms with van der Waals surface area (Å²) < 4.78 is 6.44. The van der Waals surface area contributed by atoms with Crippen molar-refractivity contribution in [3.63, 3.8) is 0 Å². The van der Waals surface area contributed by atoms with Crippen LogP contribution in [-0.2, 0) is 25.7 Å². The highest BCUT2D eigenvalue weighted by molar-refractivity contribution is 8.00. The molecule has 0 aromatic heterocycles. The molecule has 0 saturated carbocycles. The van der Waals surface area contributed by atoms with E-state index in [2.05, 4.69) is 60.3 Å². The molecular formula is C21H20OS. The molecule has 8 rings (SSSR count). The van der Waals surface area contributed by atoms with Gasteiger partial charge < -0.3 is 4.74 Å². The Balaban J connectivity index is 1.59. The molecule has 2 aromatic rings. The zero-order chi connectivity index (χ0) is 15.2. The summed E-state index contributed by atoms with van der Waals surface area (Å²) in [4.78, 5) is 1.42. The van der Waals surface area contributed by atoms with E-state index in [0.29, 0.717) is 5.25 Å². The van der Waals surface area contributed by atoms with E-state index in [4.69, 9.17) is 4.74 Å². The summed E-state index contributed by atoms with van der Waals surface area (Å²) in [7, 11) is 0. The van der Waals surface area contributed by atoms with Crippen LogP contribution in [0.3, 0.4) is 0 Å². The fourth-order valence-electron chi connectivity index (χ4n) is 3.85. The maximum atomic E-state index is 6.44. The van der Waals surface area contributed by atoms with Gasteiger partial charge in [-0.25, -0.2) is 0 Å². The second-order valence-electron chi connectivity index (χ2n) is 6.76. The molecule has 6 aliphatic rings. The van der Waals surface area contributed by atoms with Crippen LogP contribution in [0.5, 0.6) is 5.75 Å². The Morgan fingerprint density at radius 1 is 0.826 bits per heavy atom. The molecule has 0 radical (unpaired) electrons. The maximum absolute atomic E-state index is 6.44. The smallest absolute Gasteiger partial charge is 0.137 e. The molecule has 23 heavy (non-hydrogen) atoms. The van der Waals surface area contributed by atoms with Crippen LogP contribution in [0.4, 0.5) is 0 Å². The first-order valence-corrected chi connectivity index (χ1v) is 9.47. The van der Waals surface area contributed by atoms with Gasteiger partial charge in [-0.15, -0.1) is 11.8 Å². The number of aryl methyl sites for hydroxylation is 4. The second kappa shape index (κ2) is 5.45. The van der Waals surface area contributed by atoms with Crippen molar-refractivity contribution in [3.8, 4) is 5.75 Å². The molecule has 1 aliphatic heterocycles. The van der Waals surface area contributed by atoms with Crippen LogP contribution < -0.4 is 4.74 Å². The van der Waals surface area contributed by atoms with Crippen molar-refractivity contribution in [2.75, 3.05) is 0 Å². The van der Waals surface area contributed by atoms with Crippen molar-refractivity contribution in [1.29, 1.82) is 0 Å². The molecular weight excluding hydrogens is 300 g/mol. The predicted molar refractivity (Wildman–Crippen MR) is 95.5 cm³/mol. The lowest BCUT2D eigenvalue weighted by molar-refractivity contribution is 0.238. The van der Waals surface area contributed by atoms with Crippen molar-refractivity contribution in [3.05, 3.63) is 70.8 Å². The third-order valence-electron chi connectivity index (χ3n) is 5.25. The van der Waals surface area contributed by atoms with E-state index >= 15 is 0 Å². The average Bonchev–Trinajstić information content (AvgIpc) is 3.03. The van der Waals surface area contributed by atoms with Crippen LogP contribution in [0.1, 0.15) is 28.7 Å². The molecule has 116 valence electrons. The van der Waals surface area contributed by atoms with Gasteiger partial charge in [0.25, 0.3) is 0 Å². The SMILES string of the molecule is C1=C[C@@H]2Oc3c4ccc(c3S[C@@H]2C1)CCc1ccc(cc1)CC4. The molecule has 2 heteroatoms. The molecule has 5 aliphatic carbocycles. The summed E-state index contributed by atoms with van der Waals surface area (Å²) in [6.07, 6.45) is 10.3. The Morgan fingerprint density at radius 2 is 1.52 bits per heavy atom. The van der Waals surface area contributed by atoms with Crippen molar-refractivity contribution < 1.29 is 4.74 Å². The summed E-state index contributed by atoms with van der Waals surface area (Å²) in [5.74, 6) is 1.18. The minimum absolute atomic E-state index is 0.271. The van der Waals surface area contributed by atoms with E-state index in [-0.39, 0.29) is 6.10 Å². The first-order chi connectivity index (χ1) is 11.4. The normalized spacial score (nSPS) is 24.5. The van der Waals surface area contributed by atoms with Gasteiger partial charge in [0.1, 0.15) is 11.9 Å². The first-order valence-electron chi connectivity index (χ1n) is 8.59. The highest BCUT2D eigenvalue weighted by atomic mass is 32.2. The Hall–Kier alpha value is -1.67. The third-order valence-corrected chi connectivity index (χ3v) is 6.69. The third kappa shape index (κ3) is 2.40. The van der Waals surface area contributed by atoms with Crippen molar-refractivity contribution >= 4 is 11.8 Å². The maximum Gasteiger partial charge on any atom is 0.137 e. The lowest BCUT2D eigenvalue weighted by Gasteiger charge is -2.31.